The van der Waals surface area contributed by atoms with Crippen molar-refractivity contribution in [2.45, 2.75) is 6.92 Å². The predicted octanol–water partition coefficient (Wildman–Crippen LogP) is 4.04. The Bertz CT molecular complexity index is 789. The van der Waals surface area contributed by atoms with E-state index in [9.17, 15) is 5.11 Å². The van der Waals surface area contributed by atoms with Crippen molar-refractivity contribution in [3.63, 3.8) is 0 Å². The number of hydrogen-bond donors (Lipinski definition) is 2. The quantitative estimate of drug-likeness (QED) is 0.698. The van der Waals surface area contributed by atoms with Crippen molar-refractivity contribution >= 4 is 34.0 Å². The molecule has 1 aromatic heterocycles. The fraction of sp³-hybridized carbons (Fsp3) is 0.0667. The molecule has 0 aliphatic heterocycles. The Labute approximate surface area is 121 Å². The van der Waals surface area contributed by atoms with Gasteiger partial charge in [-0.1, -0.05) is 23.7 Å². The largest absolute Gasteiger partial charge is 0.506 e. The average Bonchev–Trinajstić information content (AvgIpc) is 2.44. The van der Waals surface area contributed by atoms with Crippen molar-refractivity contribution in [2.75, 3.05) is 5.32 Å². The van der Waals surface area contributed by atoms with Crippen LogP contribution in [0.5, 0.6) is 5.75 Å². The second-order valence-electron chi connectivity index (χ2n) is 4.48. The maximum atomic E-state index is 9.86. The molecule has 3 aromatic rings. The molecule has 0 saturated heterocycles. The molecule has 0 bridgehead atoms. The summed E-state index contributed by atoms with van der Waals surface area (Å²) >= 11 is 5.94. The van der Waals surface area contributed by atoms with E-state index in [1.807, 2.05) is 25.1 Å². The molecule has 0 radical (unpaired) electrons. The third-order valence-corrected chi connectivity index (χ3v) is 3.31. The van der Waals surface area contributed by atoms with Crippen LogP contribution in [0.15, 0.2) is 42.7 Å². The number of benzene rings is 2. The van der Waals surface area contributed by atoms with Crippen molar-refractivity contribution in [1.82, 2.24) is 9.97 Å². The lowest BCUT2D eigenvalue weighted by Crippen LogP contribution is -1.97. The van der Waals surface area contributed by atoms with E-state index in [2.05, 4.69) is 15.3 Å². The highest BCUT2D eigenvalue weighted by molar-refractivity contribution is 6.31. The fourth-order valence-electron chi connectivity index (χ4n) is 2.07. The van der Waals surface area contributed by atoms with Gasteiger partial charge in [0.25, 0.3) is 0 Å². The number of phenolic OH excluding ortho intramolecular Hbond substituents is 1. The van der Waals surface area contributed by atoms with Gasteiger partial charge in [-0.2, -0.15) is 0 Å². The molecule has 5 heteroatoms. The zero-order chi connectivity index (χ0) is 14.1. The van der Waals surface area contributed by atoms with Crippen LogP contribution in [0.4, 0.5) is 11.5 Å². The molecule has 2 aromatic carbocycles. The highest BCUT2D eigenvalue weighted by atomic mass is 35.5. The number of aromatic hydroxyl groups is 1. The van der Waals surface area contributed by atoms with E-state index in [1.54, 1.807) is 18.2 Å². The Morgan fingerprint density at radius 3 is 2.85 bits per heavy atom. The summed E-state index contributed by atoms with van der Waals surface area (Å²) in [6.07, 6.45) is 1.50. The Hall–Kier alpha value is -2.33. The number of halogens is 1. The highest BCUT2D eigenvalue weighted by Gasteiger charge is 2.08. The number of aryl methyl sites for hydroxylation is 1. The number of nitrogens with one attached hydrogen (secondary N) is 1. The van der Waals surface area contributed by atoms with Gasteiger partial charge < -0.3 is 10.4 Å². The van der Waals surface area contributed by atoms with Crippen molar-refractivity contribution in [1.29, 1.82) is 0 Å². The first kappa shape index (κ1) is 12.7. The maximum absolute atomic E-state index is 9.86. The highest BCUT2D eigenvalue weighted by Crippen LogP contribution is 2.31. The van der Waals surface area contributed by atoms with Gasteiger partial charge in [-0.05, 0) is 36.8 Å². The minimum Gasteiger partial charge on any atom is -0.506 e. The Morgan fingerprint density at radius 2 is 2.00 bits per heavy atom. The number of hydrogen-bond acceptors (Lipinski definition) is 4. The number of para-hydroxylation sites is 1. The van der Waals surface area contributed by atoms with Gasteiger partial charge in [-0.15, -0.1) is 0 Å². The van der Waals surface area contributed by atoms with Crippen molar-refractivity contribution in [2.24, 2.45) is 0 Å². The van der Waals surface area contributed by atoms with E-state index in [4.69, 9.17) is 11.6 Å². The van der Waals surface area contributed by atoms with E-state index in [0.717, 1.165) is 16.5 Å². The first-order valence-electron chi connectivity index (χ1n) is 6.11. The summed E-state index contributed by atoms with van der Waals surface area (Å²) in [6.45, 7) is 2.00. The summed E-state index contributed by atoms with van der Waals surface area (Å²) < 4.78 is 0. The van der Waals surface area contributed by atoms with Gasteiger partial charge in [0.15, 0.2) is 0 Å². The van der Waals surface area contributed by atoms with Crippen LogP contribution in [-0.2, 0) is 0 Å². The van der Waals surface area contributed by atoms with Crippen molar-refractivity contribution in [3.8, 4) is 5.75 Å². The number of phenols is 1. The van der Waals surface area contributed by atoms with Gasteiger partial charge in [-0.3, -0.25) is 0 Å². The minimum atomic E-state index is 0.119. The van der Waals surface area contributed by atoms with E-state index < -0.39 is 0 Å². The molecule has 0 aliphatic carbocycles. The van der Waals surface area contributed by atoms with Crippen LogP contribution >= 0.6 is 11.6 Å². The van der Waals surface area contributed by atoms with Crippen LogP contribution in [0.25, 0.3) is 10.9 Å². The first-order chi connectivity index (χ1) is 9.65. The number of nitrogens with zero attached hydrogens (tertiary/aromatic N) is 2. The fourth-order valence-corrected chi connectivity index (χ4v) is 2.24. The molecular weight excluding hydrogens is 274 g/mol. The summed E-state index contributed by atoms with van der Waals surface area (Å²) in [5.74, 6) is 0.755. The lowest BCUT2D eigenvalue weighted by molar-refractivity contribution is 0.478. The SMILES string of the molecule is Cc1cccc2c(Nc3cc(Cl)ccc3O)ncnc12. The molecule has 0 atom stereocenters. The molecule has 2 N–H and O–H groups in total. The second-order valence-corrected chi connectivity index (χ2v) is 4.92. The van der Waals surface area contributed by atoms with Crippen LogP contribution in [0.3, 0.4) is 0 Å². The lowest BCUT2D eigenvalue weighted by atomic mass is 10.1. The lowest BCUT2D eigenvalue weighted by Gasteiger charge is -2.10. The van der Waals surface area contributed by atoms with E-state index in [0.29, 0.717) is 16.5 Å². The van der Waals surface area contributed by atoms with Gasteiger partial charge >= 0.3 is 0 Å². The molecule has 0 fully saturated rings. The van der Waals surface area contributed by atoms with Crippen LogP contribution < -0.4 is 5.32 Å². The molecule has 1 heterocycles. The molecule has 0 spiro atoms. The maximum Gasteiger partial charge on any atom is 0.141 e. The van der Waals surface area contributed by atoms with Crippen LogP contribution in [0, 0.1) is 6.92 Å². The van der Waals surface area contributed by atoms with Crippen molar-refractivity contribution in [3.05, 3.63) is 53.3 Å². The summed E-state index contributed by atoms with van der Waals surface area (Å²) in [5.41, 5.74) is 2.47. The summed E-state index contributed by atoms with van der Waals surface area (Å²) in [5, 5.41) is 14.4. The smallest absolute Gasteiger partial charge is 0.141 e. The topological polar surface area (TPSA) is 58.0 Å². The van der Waals surface area contributed by atoms with Gasteiger partial charge in [-0.25, -0.2) is 9.97 Å². The Morgan fingerprint density at radius 1 is 1.15 bits per heavy atom. The van der Waals surface area contributed by atoms with Crippen LogP contribution in [0.1, 0.15) is 5.56 Å². The van der Waals surface area contributed by atoms with Gasteiger partial charge in [0.05, 0.1) is 11.2 Å². The monoisotopic (exact) mass is 285 g/mol. The third kappa shape index (κ3) is 2.26. The average molecular weight is 286 g/mol. The molecular formula is C15H12ClN3O. The summed E-state index contributed by atoms with van der Waals surface area (Å²) in [6, 6.07) is 10.7. The first-order valence-corrected chi connectivity index (χ1v) is 6.49. The van der Waals surface area contributed by atoms with Gasteiger partial charge in [0.1, 0.15) is 17.9 Å². The van der Waals surface area contributed by atoms with Gasteiger partial charge in [0.2, 0.25) is 0 Å². The molecule has 20 heavy (non-hydrogen) atoms. The Kier molecular flexibility index (Phi) is 3.16. The standard InChI is InChI=1S/C15H12ClN3O/c1-9-3-2-4-11-14(9)17-8-18-15(11)19-12-7-10(16)5-6-13(12)20/h2-8,20H,1H3,(H,17,18,19). The van der Waals surface area contributed by atoms with E-state index in [-0.39, 0.29) is 5.75 Å². The number of rotatable bonds is 2. The molecule has 0 unspecified atom stereocenters. The summed E-state index contributed by atoms with van der Waals surface area (Å²) in [4.78, 5) is 8.52. The van der Waals surface area contributed by atoms with E-state index >= 15 is 0 Å². The summed E-state index contributed by atoms with van der Waals surface area (Å²) in [7, 11) is 0. The Balaban J connectivity index is 2.11. The van der Waals surface area contributed by atoms with Crippen molar-refractivity contribution < 1.29 is 5.11 Å². The number of aromatic nitrogens is 2. The molecule has 0 saturated carbocycles. The molecule has 4 nitrogen and oxygen atoms in total. The van der Waals surface area contributed by atoms with Crippen LogP contribution in [-0.4, -0.2) is 15.1 Å². The number of fused-ring (bicyclic) bond motifs is 1. The second kappa shape index (κ2) is 4.98. The minimum absolute atomic E-state index is 0.119. The van der Waals surface area contributed by atoms with Crippen LogP contribution in [0.2, 0.25) is 5.02 Å². The normalized spacial score (nSPS) is 10.7. The molecule has 0 aliphatic rings. The van der Waals surface area contributed by atoms with E-state index in [1.165, 1.54) is 6.33 Å². The third-order valence-electron chi connectivity index (χ3n) is 3.08. The zero-order valence-electron chi connectivity index (χ0n) is 10.8. The molecule has 100 valence electrons. The number of anilines is 2. The predicted molar refractivity (Wildman–Crippen MR) is 80.7 cm³/mol. The molecule has 0 amide bonds. The molecule has 3 rings (SSSR count). The van der Waals surface area contributed by atoms with Gasteiger partial charge in [0, 0.05) is 10.4 Å². The zero-order valence-corrected chi connectivity index (χ0v) is 11.5.